The number of rotatable bonds is 4. The lowest BCUT2D eigenvalue weighted by Gasteiger charge is -2.22. The topological polar surface area (TPSA) is 79.2 Å². The van der Waals surface area contributed by atoms with Crippen LogP contribution in [-0.2, 0) is 17.8 Å². The van der Waals surface area contributed by atoms with Crippen molar-refractivity contribution in [2.24, 2.45) is 11.7 Å². The van der Waals surface area contributed by atoms with Crippen molar-refractivity contribution in [3.63, 3.8) is 0 Å². The second-order valence-corrected chi connectivity index (χ2v) is 4.58. The maximum Gasteiger partial charge on any atom is 0.331 e. The maximum absolute atomic E-state index is 12.1. The van der Waals surface area contributed by atoms with Gasteiger partial charge in [-0.2, -0.15) is 0 Å². The smallest absolute Gasteiger partial charge is 0.331 e. The van der Waals surface area contributed by atoms with Gasteiger partial charge in [0.25, 0.3) is 5.56 Å². The highest BCUT2D eigenvalue weighted by atomic mass is 16.5. The monoisotopic (exact) mass is 253 g/mol. The van der Waals surface area contributed by atoms with E-state index in [0.29, 0.717) is 12.5 Å². The Morgan fingerprint density at radius 2 is 2.06 bits per heavy atom. The van der Waals surface area contributed by atoms with Crippen LogP contribution in [0.25, 0.3) is 0 Å². The van der Waals surface area contributed by atoms with Gasteiger partial charge < -0.3 is 15.0 Å². The van der Waals surface area contributed by atoms with Crippen LogP contribution in [-0.4, -0.2) is 28.9 Å². The molecule has 1 fully saturated rings. The highest BCUT2D eigenvalue weighted by Gasteiger charge is 2.15. The second-order valence-electron chi connectivity index (χ2n) is 4.58. The van der Waals surface area contributed by atoms with E-state index in [4.69, 9.17) is 10.5 Å². The predicted octanol–water partition coefficient (Wildman–Crippen LogP) is -0.605. The number of ether oxygens (including phenoxy) is 1. The lowest BCUT2D eigenvalue weighted by atomic mass is 10.0. The van der Waals surface area contributed by atoms with E-state index >= 15 is 0 Å². The molecule has 0 atom stereocenters. The lowest BCUT2D eigenvalue weighted by molar-refractivity contribution is 0.0607. The number of aromatic nitrogens is 2. The minimum atomic E-state index is -0.284. The van der Waals surface area contributed by atoms with E-state index in [-0.39, 0.29) is 24.3 Å². The molecular weight excluding hydrogens is 234 g/mol. The van der Waals surface area contributed by atoms with E-state index in [1.807, 2.05) is 0 Å². The molecule has 0 aromatic carbocycles. The van der Waals surface area contributed by atoms with Gasteiger partial charge in [0.2, 0.25) is 0 Å². The van der Waals surface area contributed by atoms with Crippen molar-refractivity contribution in [1.82, 2.24) is 9.13 Å². The summed E-state index contributed by atoms with van der Waals surface area (Å²) < 4.78 is 8.09. The van der Waals surface area contributed by atoms with Gasteiger partial charge in [-0.3, -0.25) is 9.36 Å². The molecule has 0 spiro atoms. The van der Waals surface area contributed by atoms with Crippen molar-refractivity contribution in [1.29, 1.82) is 0 Å². The number of nitrogens with zero attached hydrogens (tertiary/aromatic N) is 2. The Balaban J connectivity index is 2.20. The quantitative estimate of drug-likeness (QED) is 0.776. The fraction of sp³-hybridized carbons (Fsp3) is 0.667. The molecule has 6 nitrogen and oxygen atoms in total. The van der Waals surface area contributed by atoms with E-state index < -0.39 is 0 Å². The third-order valence-electron chi connectivity index (χ3n) is 3.29. The molecule has 6 heteroatoms. The van der Waals surface area contributed by atoms with Crippen LogP contribution in [0.5, 0.6) is 0 Å². The molecule has 0 unspecified atom stereocenters. The summed E-state index contributed by atoms with van der Waals surface area (Å²) in [6, 6.07) is 1.43. The first-order chi connectivity index (χ1) is 8.72. The average molecular weight is 253 g/mol. The van der Waals surface area contributed by atoms with E-state index in [9.17, 15) is 9.59 Å². The van der Waals surface area contributed by atoms with Gasteiger partial charge in [-0.25, -0.2) is 4.79 Å². The predicted molar refractivity (Wildman–Crippen MR) is 67.6 cm³/mol. The largest absolute Gasteiger partial charge is 0.381 e. The molecule has 0 saturated carbocycles. The van der Waals surface area contributed by atoms with Crippen LogP contribution < -0.4 is 17.0 Å². The van der Waals surface area contributed by atoms with Gasteiger partial charge in [0.15, 0.2) is 0 Å². The average Bonchev–Trinajstić information content (AvgIpc) is 2.39. The second kappa shape index (κ2) is 5.97. The highest BCUT2D eigenvalue weighted by Crippen LogP contribution is 2.15. The summed E-state index contributed by atoms with van der Waals surface area (Å²) in [5.74, 6) is 0.445. The van der Waals surface area contributed by atoms with Gasteiger partial charge in [-0.15, -0.1) is 0 Å². The molecule has 1 saturated heterocycles. The van der Waals surface area contributed by atoms with Gasteiger partial charge in [-0.1, -0.05) is 0 Å². The number of hydrogen-bond donors (Lipinski definition) is 1. The Hall–Kier alpha value is -1.40. The first kappa shape index (κ1) is 13.0. The molecule has 18 heavy (non-hydrogen) atoms. The van der Waals surface area contributed by atoms with Crippen molar-refractivity contribution in [2.75, 3.05) is 19.8 Å². The maximum atomic E-state index is 12.1. The zero-order chi connectivity index (χ0) is 13.0. The Morgan fingerprint density at radius 1 is 1.33 bits per heavy atom. The molecular formula is C12H19N3O3. The Labute approximate surface area is 105 Å². The van der Waals surface area contributed by atoms with Crippen LogP contribution in [0.4, 0.5) is 0 Å². The molecule has 2 N–H and O–H groups in total. The van der Waals surface area contributed by atoms with Crippen molar-refractivity contribution in [3.8, 4) is 0 Å². The van der Waals surface area contributed by atoms with E-state index in [2.05, 4.69) is 0 Å². The summed E-state index contributed by atoms with van der Waals surface area (Å²) in [6.07, 6.45) is 3.50. The third-order valence-corrected chi connectivity index (χ3v) is 3.29. The molecule has 1 aromatic rings. The normalized spacial score (nSPS) is 16.9. The lowest BCUT2D eigenvalue weighted by Crippen LogP contribution is -2.41. The van der Waals surface area contributed by atoms with Crippen LogP contribution in [0.2, 0.25) is 0 Å². The molecule has 0 aliphatic carbocycles. The fourth-order valence-corrected chi connectivity index (χ4v) is 2.24. The van der Waals surface area contributed by atoms with Crippen LogP contribution in [0, 0.1) is 5.92 Å². The SMILES string of the molecule is NCCn1c(=O)ccn(CC2CCOCC2)c1=O. The summed E-state index contributed by atoms with van der Waals surface area (Å²) in [5, 5.41) is 0. The van der Waals surface area contributed by atoms with E-state index in [0.717, 1.165) is 26.1 Å². The van der Waals surface area contributed by atoms with Crippen molar-refractivity contribution >= 4 is 0 Å². The van der Waals surface area contributed by atoms with Gasteiger partial charge in [0, 0.05) is 45.1 Å². The van der Waals surface area contributed by atoms with Crippen LogP contribution >= 0.6 is 0 Å². The number of nitrogens with two attached hydrogens (primary N) is 1. The minimum absolute atomic E-state index is 0.264. The summed E-state index contributed by atoms with van der Waals surface area (Å²) in [4.78, 5) is 23.6. The standard InChI is InChI=1S/C12H19N3O3/c13-4-6-15-11(16)1-5-14(12(15)17)9-10-2-7-18-8-3-10/h1,5,10H,2-4,6-9,13H2. The highest BCUT2D eigenvalue weighted by molar-refractivity contribution is 4.87. The van der Waals surface area contributed by atoms with Crippen LogP contribution in [0.1, 0.15) is 12.8 Å². The minimum Gasteiger partial charge on any atom is -0.381 e. The van der Waals surface area contributed by atoms with Gasteiger partial charge in [0.1, 0.15) is 0 Å². The summed E-state index contributed by atoms with van der Waals surface area (Å²) in [5.41, 5.74) is 4.86. The number of hydrogen-bond acceptors (Lipinski definition) is 4. The van der Waals surface area contributed by atoms with Crippen LogP contribution in [0.3, 0.4) is 0 Å². The zero-order valence-corrected chi connectivity index (χ0v) is 10.4. The molecule has 0 bridgehead atoms. The molecule has 0 radical (unpaired) electrons. The molecule has 1 aromatic heterocycles. The Bertz CT molecular complexity index is 500. The summed E-state index contributed by atoms with van der Waals surface area (Å²) in [7, 11) is 0. The Kier molecular flexibility index (Phi) is 4.33. The van der Waals surface area contributed by atoms with Gasteiger partial charge in [0.05, 0.1) is 0 Å². The van der Waals surface area contributed by atoms with Crippen molar-refractivity contribution in [2.45, 2.75) is 25.9 Å². The zero-order valence-electron chi connectivity index (χ0n) is 10.4. The Morgan fingerprint density at radius 3 is 2.72 bits per heavy atom. The molecule has 1 aliphatic heterocycles. The molecule has 100 valence electrons. The molecule has 0 amide bonds. The molecule has 2 rings (SSSR count). The van der Waals surface area contributed by atoms with Gasteiger partial charge >= 0.3 is 5.69 Å². The van der Waals surface area contributed by atoms with Crippen LogP contribution in [0.15, 0.2) is 21.9 Å². The fourth-order valence-electron chi connectivity index (χ4n) is 2.24. The van der Waals surface area contributed by atoms with Crippen molar-refractivity contribution < 1.29 is 4.74 Å². The summed E-state index contributed by atoms with van der Waals surface area (Å²) in [6.45, 7) is 2.71. The van der Waals surface area contributed by atoms with Gasteiger partial charge in [-0.05, 0) is 18.8 Å². The van der Waals surface area contributed by atoms with E-state index in [1.165, 1.54) is 10.6 Å². The van der Waals surface area contributed by atoms with E-state index in [1.54, 1.807) is 10.8 Å². The third kappa shape index (κ3) is 2.88. The molecule has 1 aliphatic rings. The summed E-state index contributed by atoms with van der Waals surface area (Å²) >= 11 is 0. The van der Waals surface area contributed by atoms with Crippen molar-refractivity contribution in [3.05, 3.63) is 33.1 Å². The first-order valence-corrected chi connectivity index (χ1v) is 6.30. The first-order valence-electron chi connectivity index (χ1n) is 6.30. The molecule has 2 heterocycles.